The van der Waals surface area contributed by atoms with Gasteiger partial charge in [-0.15, -0.1) is 0 Å². The molecule has 0 radical (unpaired) electrons. The highest BCUT2D eigenvalue weighted by molar-refractivity contribution is 5.90. The quantitative estimate of drug-likeness (QED) is 0.788. The summed E-state index contributed by atoms with van der Waals surface area (Å²) in [5.41, 5.74) is 4.54. The number of likely N-dealkylation sites (tertiary alicyclic amines) is 1. The van der Waals surface area contributed by atoms with Crippen molar-refractivity contribution in [1.29, 1.82) is 0 Å². The number of benzene rings is 2. The van der Waals surface area contributed by atoms with E-state index in [0.717, 1.165) is 16.7 Å². The average Bonchev–Trinajstić information content (AvgIpc) is 3.08. The molecule has 0 aromatic heterocycles. The Hall–Kier alpha value is -3.15. The Labute approximate surface area is 189 Å². The summed E-state index contributed by atoms with van der Waals surface area (Å²) in [6.45, 7) is 6.41. The third-order valence-electron chi connectivity index (χ3n) is 6.60. The first-order valence-corrected chi connectivity index (χ1v) is 11.5. The number of rotatable bonds is 5. The highest BCUT2D eigenvalue weighted by Gasteiger charge is 2.37. The molecule has 2 fully saturated rings. The number of nitrogens with one attached hydrogen (secondary N) is 1. The topological polar surface area (TPSA) is 69.7 Å². The van der Waals surface area contributed by atoms with Crippen LogP contribution < -0.4 is 5.32 Å². The summed E-state index contributed by atoms with van der Waals surface area (Å²) in [5, 5.41) is 2.98. The van der Waals surface area contributed by atoms with Crippen LogP contribution in [0.3, 0.4) is 0 Å². The molecular weight excluding hydrogens is 402 g/mol. The molecule has 2 atom stereocenters. The summed E-state index contributed by atoms with van der Waals surface area (Å²) in [6, 6.07) is 16.5. The van der Waals surface area contributed by atoms with Crippen molar-refractivity contribution in [2.75, 3.05) is 32.7 Å². The Balaban J connectivity index is 1.52. The zero-order valence-electron chi connectivity index (χ0n) is 18.8. The summed E-state index contributed by atoms with van der Waals surface area (Å²) in [5.74, 6) is -0.624. The van der Waals surface area contributed by atoms with Gasteiger partial charge in [-0.1, -0.05) is 54.1 Å². The van der Waals surface area contributed by atoms with E-state index in [4.69, 9.17) is 0 Å². The van der Waals surface area contributed by atoms with Crippen LogP contribution in [-0.4, -0.2) is 60.2 Å². The van der Waals surface area contributed by atoms with Crippen molar-refractivity contribution in [3.8, 4) is 11.1 Å². The molecule has 2 saturated heterocycles. The summed E-state index contributed by atoms with van der Waals surface area (Å²) in [7, 11) is 0. The zero-order chi connectivity index (χ0) is 22.7. The van der Waals surface area contributed by atoms with Crippen molar-refractivity contribution in [2.24, 2.45) is 11.8 Å². The van der Waals surface area contributed by atoms with Gasteiger partial charge in [0.2, 0.25) is 17.7 Å². The fourth-order valence-electron chi connectivity index (χ4n) is 4.74. The number of carbonyl (C=O) groups excluding carboxylic acids is 3. The summed E-state index contributed by atoms with van der Waals surface area (Å²) in [4.78, 5) is 41.7. The number of aryl methyl sites for hydroxylation is 1. The SMILES string of the molecule is CCN1C[C@@H](C(=O)N2CCNC(=O)[C@H](Cc3ccccc3-c3ccc(C)cc3)C2)CC1=O. The highest BCUT2D eigenvalue weighted by atomic mass is 16.2. The van der Waals surface area contributed by atoms with Gasteiger partial charge in [-0.3, -0.25) is 14.4 Å². The number of nitrogens with zero attached hydrogens (tertiary/aromatic N) is 2. The maximum Gasteiger partial charge on any atom is 0.228 e. The molecule has 4 rings (SSSR count). The van der Waals surface area contributed by atoms with Crippen molar-refractivity contribution in [2.45, 2.75) is 26.7 Å². The molecule has 32 heavy (non-hydrogen) atoms. The van der Waals surface area contributed by atoms with Gasteiger partial charge < -0.3 is 15.1 Å². The van der Waals surface area contributed by atoms with Gasteiger partial charge in [0.25, 0.3) is 0 Å². The van der Waals surface area contributed by atoms with Crippen molar-refractivity contribution in [3.05, 3.63) is 59.7 Å². The van der Waals surface area contributed by atoms with Crippen LogP contribution in [0, 0.1) is 18.8 Å². The number of hydrogen-bond acceptors (Lipinski definition) is 3. The van der Waals surface area contributed by atoms with E-state index < -0.39 is 0 Å². The summed E-state index contributed by atoms with van der Waals surface area (Å²) < 4.78 is 0. The van der Waals surface area contributed by atoms with E-state index in [1.54, 1.807) is 9.80 Å². The normalized spacial score (nSPS) is 21.4. The molecule has 2 aromatic carbocycles. The van der Waals surface area contributed by atoms with Gasteiger partial charge in [0.05, 0.1) is 11.8 Å². The summed E-state index contributed by atoms with van der Waals surface area (Å²) in [6.07, 6.45) is 0.829. The predicted molar refractivity (Wildman–Crippen MR) is 124 cm³/mol. The minimum Gasteiger partial charge on any atom is -0.354 e. The molecule has 6 heteroatoms. The van der Waals surface area contributed by atoms with Crippen molar-refractivity contribution < 1.29 is 14.4 Å². The first-order chi connectivity index (χ1) is 15.5. The minimum atomic E-state index is -0.326. The van der Waals surface area contributed by atoms with Gasteiger partial charge in [0.1, 0.15) is 0 Å². The smallest absolute Gasteiger partial charge is 0.228 e. The van der Waals surface area contributed by atoms with E-state index in [0.29, 0.717) is 39.1 Å². The molecule has 0 saturated carbocycles. The molecule has 6 nitrogen and oxygen atoms in total. The van der Waals surface area contributed by atoms with E-state index in [2.05, 4.69) is 48.6 Å². The molecule has 2 aliphatic rings. The third-order valence-corrected chi connectivity index (χ3v) is 6.60. The number of hydrogen-bond donors (Lipinski definition) is 1. The highest BCUT2D eigenvalue weighted by Crippen LogP contribution is 2.27. The van der Waals surface area contributed by atoms with E-state index in [-0.39, 0.29) is 36.0 Å². The molecule has 2 heterocycles. The predicted octanol–water partition coefficient (Wildman–Crippen LogP) is 2.65. The van der Waals surface area contributed by atoms with Gasteiger partial charge in [-0.25, -0.2) is 0 Å². The van der Waals surface area contributed by atoms with Gasteiger partial charge in [0.15, 0.2) is 0 Å². The molecule has 0 spiro atoms. The minimum absolute atomic E-state index is 0.0115. The molecular formula is C26H31N3O3. The second kappa shape index (κ2) is 9.55. The molecule has 0 bridgehead atoms. The average molecular weight is 434 g/mol. The first-order valence-electron chi connectivity index (χ1n) is 11.5. The van der Waals surface area contributed by atoms with Gasteiger partial charge in [-0.2, -0.15) is 0 Å². The van der Waals surface area contributed by atoms with Crippen LogP contribution in [-0.2, 0) is 20.8 Å². The van der Waals surface area contributed by atoms with Gasteiger partial charge in [-0.05, 0) is 37.0 Å². The fourth-order valence-corrected chi connectivity index (χ4v) is 4.74. The Morgan fingerprint density at radius 1 is 1.06 bits per heavy atom. The lowest BCUT2D eigenvalue weighted by atomic mass is 9.91. The summed E-state index contributed by atoms with van der Waals surface area (Å²) >= 11 is 0. The van der Waals surface area contributed by atoms with E-state index >= 15 is 0 Å². The van der Waals surface area contributed by atoms with Crippen LogP contribution in [0.2, 0.25) is 0 Å². The second-order valence-corrected chi connectivity index (χ2v) is 8.83. The van der Waals surface area contributed by atoms with Crippen LogP contribution in [0.4, 0.5) is 0 Å². The molecule has 0 aliphatic carbocycles. The molecule has 1 N–H and O–H groups in total. The van der Waals surface area contributed by atoms with Gasteiger partial charge in [0, 0.05) is 39.1 Å². The zero-order valence-corrected chi connectivity index (χ0v) is 18.8. The van der Waals surface area contributed by atoms with Crippen LogP contribution >= 0.6 is 0 Å². The number of amides is 3. The van der Waals surface area contributed by atoms with E-state index in [1.807, 2.05) is 19.1 Å². The lowest BCUT2D eigenvalue weighted by Crippen LogP contribution is -2.41. The molecule has 168 valence electrons. The van der Waals surface area contributed by atoms with Crippen molar-refractivity contribution in [3.63, 3.8) is 0 Å². The van der Waals surface area contributed by atoms with Crippen molar-refractivity contribution >= 4 is 17.7 Å². The molecule has 2 aromatic rings. The van der Waals surface area contributed by atoms with Crippen LogP contribution in [0.1, 0.15) is 24.5 Å². The second-order valence-electron chi connectivity index (χ2n) is 8.83. The molecule has 2 aliphatic heterocycles. The van der Waals surface area contributed by atoms with Crippen LogP contribution in [0.15, 0.2) is 48.5 Å². The Morgan fingerprint density at radius 2 is 1.81 bits per heavy atom. The van der Waals surface area contributed by atoms with E-state index in [1.165, 1.54) is 5.56 Å². The Bertz CT molecular complexity index is 1000. The Kier molecular flexibility index (Phi) is 6.58. The van der Waals surface area contributed by atoms with Crippen LogP contribution in [0.25, 0.3) is 11.1 Å². The first kappa shape index (κ1) is 22.1. The number of carbonyl (C=O) groups is 3. The van der Waals surface area contributed by atoms with Crippen molar-refractivity contribution in [1.82, 2.24) is 15.1 Å². The third kappa shape index (κ3) is 4.69. The monoisotopic (exact) mass is 433 g/mol. The lowest BCUT2D eigenvalue weighted by molar-refractivity contribution is -0.136. The van der Waals surface area contributed by atoms with Crippen LogP contribution in [0.5, 0.6) is 0 Å². The molecule has 0 unspecified atom stereocenters. The maximum absolute atomic E-state index is 13.2. The Morgan fingerprint density at radius 3 is 2.53 bits per heavy atom. The molecule has 3 amide bonds. The largest absolute Gasteiger partial charge is 0.354 e. The maximum atomic E-state index is 13.2. The fraction of sp³-hybridized carbons (Fsp3) is 0.423. The standard InChI is InChI=1S/C26H31N3O3/c1-3-28-17-22(15-24(28)30)26(32)29-13-12-27-25(31)21(16-29)14-20-6-4-5-7-23(20)19-10-8-18(2)9-11-19/h4-11,21-22H,3,12-17H2,1-2H3,(H,27,31)/t21-,22+/m1/s1. The van der Waals surface area contributed by atoms with E-state index in [9.17, 15) is 14.4 Å². The lowest BCUT2D eigenvalue weighted by Gasteiger charge is -2.26. The van der Waals surface area contributed by atoms with Gasteiger partial charge >= 0.3 is 0 Å².